The zero-order valence-corrected chi connectivity index (χ0v) is 10.4. The lowest BCUT2D eigenvalue weighted by atomic mass is 10.0. The molecule has 0 aliphatic carbocycles. The van der Waals surface area contributed by atoms with Crippen LogP contribution in [0.2, 0.25) is 5.02 Å². The van der Waals surface area contributed by atoms with Gasteiger partial charge in [0.2, 0.25) is 0 Å². The second-order valence-corrected chi connectivity index (χ2v) is 4.18. The maximum Gasteiger partial charge on any atom is 0.126 e. The first-order chi connectivity index (χ1) is 8.24. The lowest BCUT2D eigenvalue weighted by Gasteiger charge is -2.09. The molecule has 88 valence electrons. The minimum atomic E-state index is 0.549. The van der Waals surface area contributed by atoms with Crippen LogP contribution in [-0.2, 0) is 6.54 Å². The molecule has 0 bridgehead atoms. The Bertz CT molecular complexity index is 508. The molecule has 2 nitrogen and oxygen atoms in total. The number of nitrogens with two attached hydrogens (primary N) is 1. The van der Waals surface area contributed by atoms with Crippen molar-refractivity contribution in [3.8, 4) is 16.9 Å². The van der Waals surface area contributed by atoms with E-state index in [1.54, 1.807) is 7.11 Å². The van der Waals surface area contributed by atoms with E-state index >= 15 is 0 Å². The van der Waals surface area contributed by atoms with Gasteiger partial charge >= 0.3 is 0 Å². The molecule has 0 unspecified atom stereocenters. The third-order valence-electron chi connectivity index (χ3n) is 2.66. The fourth-order valence-electron chi connectivity index (χ4n) is 1.73. The molecule has 2 N–H and O–H groups in total. The maximum absolute atomic E-state index is 6.01. The van der Waals surface area contributed by atoms with Crippen LogP contribution in [-0.4, -0.2) is 7.11 Å². The predicted molar refractivity (Wildman–Crippen MR) is 71.3 cm³/mol. The molecule has 2 aromatic carbocycles. The van der Waals surface area contributed by atoms with Crippen molar-refractivity contribution < 1.29 is 4.74 Å². The molecule has 0 saturated heterocycles. The van der Waals surface area contributed by atoms with E-state index in [4.69, 9.17) is 22.1 Å². The molecule has 0 amide bonds. The standard InChI is InChI=1S/C14H14ClNO/c1-17-14-7-6-12(15)8-13(14)11-4-2-10(9-16)3-5-11/h2-8H,9,16H2,1H3. The van der Waals surface area contributed by atoms with Crippen molar-refractivity contribution in [1.82, 2.24) is 0 Å². The zero-order valence-electron chi connectivity index (χ0n) is 9.61. The summed E-state index contributed by atoms with van der Waals surface area (Å²) < 4.78 is 5.33. The Morgan fingerprint density at radius 2 is 1.82 bits per heavy atom. The Hall–Kier alpha value is -1.51. The molecule has 2 aromatic rings. The summed E-state index contributed by atoms with van der Waals surface area (Å²) in [6.07, 6.45) is 0. The topological polar surface area (TPSA) is 35.2 Å². The van der Waals surface area contributed by atoms with Gasteiger partial charge in [-0.2, -0.15) is 0 Å². The molecule has 0 heterocycles. The van der Waals surface area contributed by atoms with E-state index in [9.17, 15) is 0 Å². The van der Waals surface area contributed by atoms with E-state index in [-0.39, 0.29) is 0 Å². The van der Waals surface area contributed by atoms with Gasteiger partial charge in [0.1, 0.15) is 5.75 Å². The molecule has 0 fully saturated rings. The van der Waals surface area contributed by atoms with Gasteiger partial charge in [0.25, 0.3) is 0 Å². The van der Waals surface area contributed by atoms with Gasteiger partial charge in [-0.25, -0.2) is 0 Å². The molecule has 0 aliphatic heterocycles. The summed E-state index contributed by atoms with van der Waals surface area (Å²) in [5.41, 5.74) is 8.74. The summed E-state index contributed by atoms with van der Waals surface area (Å²) in [5.74, 6) is 0.815. The Balaban J connectivity index is 2.47. The van der Waals surface area contributed by atoms with Crippen molar-refractivity contribution in [2.45, 2.75) is 6.54 Å². The van der Waals surface area contributed by atoms with Gasteiger partial charge < -0.3 is 10.5 Å². The average molecular weight is 248 g/mol. The van der Waals surface area contributed by atoms with Gasteiger partial charge in [0.05, 0.1) is 7.11 Å². The highest BCUT2D eigenvalue weighted by Crippen LogP contribution is 2.32. The summed E-state index contributed by atoms with van der Waals surface area (Å²) in [7, 11) is 1.65. The van der Waals surface area contributed by atoms with E-state index < -0.39 is 0 Å². The maximum atomic E-state index is 6.01. The highest BCUT2D eigenvalue weighted by Gasteiger charge is 2.06. The van der Waals surface area contributed by atoms with Gasteiger partial charge in [-0.05, 0) is 29.3 Å². The van der Waals surface area contributed by atoms with E-state index in [1.807, 2.05) is 42.5 Å². The van der Waals surface area contributed by atoms with Gasteiger partial charge in [0, 0.05) is 17.1 Å². The normalized spacial score (nSPS) is 10.3. The van der Waals surface area contributed by atoms with Crippen molar-refractivity contribution in [3.05, 3.63) is 53.1 Å². The molecule has 0 radical (unpaired) electrons. The summed E-state index contributed by atoms with van der Waals surface area (Å²) >= 11 is 6.01. The largest absolute Gasteiger partial charge is 0.496 e. The van der Waals surface area contributed by atoms with Crippen molar-refractivity contribution >= 4 is 11.6 Å². The Kier molecular flexibility index (Phi) is 3.67. The number of benzene rings is 2. The second kappa shape index (κ2) is 5.21. The number of methoxy groups -OCH3 is 1. The van der Waals surface area contributed by atoms with Crippen molar-refractivity contribution in [3.63, 3.8) is 0 Å². The average Bonchev–Trinajstić information content (AvgIpc) is 2.39. The van der Waals surface area contributed by atoms with Crippen LogP contribution in [0.3, 0.4) is 0 Å². The lowest BCUT2D eigenvalue weighted by Crippen LogP contribution is -1.95. The van der Waals surface area contributed by atoms with Crippen LogP contribution in [0.4, 0.5) is 0 Å². The number of hydrogen-bond acceptors (Lipinski definition) is 2. The summed E-state index contributed by atoms with van der Waals surface area (Å²) in [6, 6.07) is 13.7. The third kappa shape index (κ3) is 2.60. The molecule has 0 aliphatic rings. The highest BCUT2D eigenvalue weighted by molar-refractivity contribution is 6.31. The van der Waals surface area contributed by atoms with Crippen LogP contribution in [0.15, 0.2) is 42.5 Å². The SMILES string of the molecule is COc1ccc(Cl)cc1-c1ccc(CN)cc1. The second-order valence-electron chi connectivity index (χ2n) is 3.75. The molecule has 17 heavy (non-hydrogen) atoms. The minimum absolute atomic E-state index is 0.549. The smallest absolute Gasteiger partial charge is 0.126 e. The highest BCUT2D eigenvalue weighted by atomic mass is 35.5. The van der Waals surface area contributed by atoms with Crippen LogP contribution in [0, 0.1) is 0 Å². The summed E-state index contributed by atoms with van der Waals surface area (Å²) in [6.45, 7) is 0.549. The molecule has 0 saturated carbocycles. The molecule has 2 rings (SSSR count). The van der Waals surface area contributed by atoms with Crippen LogP contribution >= 0.6 is 11.6 Å². The number of rotatable bonds is 3. The molecule has 0 atom stereocenters. The van der Waals surface area contributed by atoms with Crippen molar-refractivity contribution in [1.29, 1.82) is 0 Å². The quantitative estimate of drug-likeness (QED) is 0.901. The van der Waals surface area contributed by atoms with Gasteiger partial charge in [-0.15, -0.1) is 0 Å². The van der Waals surface area contributed by atoms with Crippen molar-refractivity contribution in [2.75, 3.05) is 7.11 Å². The monoisotopic (exact) mass is 247 g/mol. The lowest BCUT2D eigenvalue weighted by molar-refractivity contribution is 0.416. The number of halogens is 1. The van der Waals surface area contributed by atoms with E-state index in [0.717, 1.165) is 22.4 Å². The Labute approximate surface area is 106 Å². The van der Waals surface area contributed by atoms with E-state index in [2.05, 4.69) is 0 Å². The Morgan fingerprint density at radius 3 is 2.41 bits per heavy atom. The van der Waals surface area contributed by atoms with Gasteiger partial charge in [-0.1, -0.05) is 35.9 Å². The molecule has 0 aromatic heterocycles. The van der Waals surface area contributed by atoms with Crippen LogP contribution < -0.4 is 10.5 Å². The predicted octanol–water partition coefficient (Wildman–Crippen LogP) is 3.47. The fourth-order valence-corrected chi connectivity index (χ4v) is 1.90. The third-order valence-corrected chi connectivity index (χ3v) is 2.90. The van der Waals surface area contributed by atoms with E-state index in [0.29, 0.717) is 11.6 Å². The fraction of sp³-hybridized carbons (Fsp3) is 0.143. The van der Waals surface area contributed by atoms with Crippen LogP contribution in [0.25, 0.3) is 11.1 Å². The van der Waals surface area contributed by atoms with Crippen LogP contribution in [0.1, 0.15) is 5.56 Å². The molecule has 3 heteroatoms. The molecular weight excluding hydrogens is 234 g/mol. The van der Waals surface area contributed by atoms with Gasteiger partial charge in [-0.3, -0.25) is 0 Å². The Morgan fingerprint density at radius 1 is 1.12 bits per heavy atom. The van der Waals surface area contributed by atoms with Crippen LogP contribution in [0.5, 0.6) is 5.75 Å². The number of hydrogen-bond donors (Lipinski definition) is 1. The summed E-state index contributed by atoms with van der Waals surface area (Å²) in [4.78, 5) is 0. The molecule has 0 spiro atoms. The molecular formula is C14H14ClNO. The number of ether oxygens (including phenoxy) is 1. The van der Waals surface area contributed by atoms with Crippen molar-refractivity contribution in [2.24, 2.45) is 5.73 Å². The summed E-state index contributed by atoms with van der Waals surface area (Å²) in [5, 5.41) is 0.698. The van der Waals surface area contributed by atoms with Gasteiger partial charge in [0.15, 0.2) is 0 Å². The zero-order chi connectivity index (χ0) is 12.3. The first-order valence-electron chi connectivity index (χ1n) is 5.37. The first kappa shape index (κ1) is 12.0. The van der Waals surface area contributed by atoms with E-state index in [1.165, 1.54) is 0 Å². The first-order valence-corrected chi connectivity index (χ1v) is 5.75. The minimum Gasteiger partial charge on any atom is -0.496 e.